The molecule has 0 atom stereocenters. The molecule has 1 aromatic heterocycles. The van der Waals surface area contributed by atoms with Gasteiger partial charge >= 0.3 is 7.12 Å². The highest BCUT2D eigenvalue weighted by Crippen LogP contribution is 2.37. The van der Waals surface area contributed by atoms with Gasteiger partial charge in [0, 0.05) is 11.6 Å². The summed E-state index contributed by atoms with van der Waals surface area (Å²) in [6, 6.07) is 8.32. The Kier molecular flexibility index (Phi) is 3.34. The molecule has 0 unspecified atom stereocenters. The van der Waals surface area contributed by atoms with Crippen molar-refractivity contribution in [2.75, 3.05) is 0 Å². The first-order valence-corrected chi connectivity index (χ1v) is 7.58. The lowest BCUT2D eigenvalue weighted by molar-refractivity contribution is 0.00578. The van der Waals surface area contributed by atoms with E-state index in [-0.39, 0.29) is 18.3 Å². The Morgan fingerprint density at radius 3 is 2.33 bits per heavy atom. The minimum Gasteiger partial charge on any atom is -0.399 e. The topological polar surface area (TPSA) is 31.4 Å². The van der Waals surface area contributed by atoms with Gasteiger partial charge in [0.2, 0.25) is 0 Å². The summed E-state index contributed by atoms with van der Waals surface area (Å²) in [6.45, 7) is 10.5. The van der Waals surface area contributed by atoms with E-state index in [0.29, 0.717) is 0 Å². The Labute approximate surface area is 126 Å². The summed E-state index contributed by atoms with van der Waals surface area (Å²) in [5, 5.41) is 1.12. The van der Waals surface area contributed by atoms with E-state index in [9.17, 15) is 0 Å². The summed E-state index contributed by atoms with van der Waals surface area (Å²) in [4.78, 5) is 4.55. The van der Waals surface area contributed by atoms with Crippen LogP contribution in [0.3, 0.4) is 0 Å². The normalized spacial score (nSPS) is 20.1. The maximum absolute atomic E-state index is 6.18. The van der Waals surface area contributed by atoms with Crippen molar-refractivity contribution in [1.82, 2.24) is 4.98 Å². The summed E-state index contributed by atoms with van der Waals surface area (Å²) in [6.07, 6.45) is 2.81. The van der Waals surface area contributed by atoms with Crippen molar-refractivity contribution in [1.29, 1.82) is 0 Å². The molecule has 1 aliphatic heterocycles. The van der Waals surface area contributed by atoms with Crippen LogP contribution in [0, 0.1) is 0 Å². The van der Waals surface area contributed by atoms with Crippen LogP contribution in [0.1, 0.15) is 40.2 Å². The molecule has 0 saturated carbocycles. The molecule has 2 aromatic rings. The summed E-state index contributed by atoms with van der Waals surface area (Å²) in [5.74, 6) is 0. The molecule has 0 spiro atoms. The molecule has 21 heavy (non-hydrogen) atoms. The number of fused-ring (bicyclic) bond motifs is 1. The van der Waals surface area contributed by atoms with E-state index in [2.05, 4.69) is 57.8 Å². The largest absolute Gasteiger partial charge is 0.495 e. The van der Waals surface area contributed by atoms with Gasteiger partial charge in [0.25, 0.3) is 0 Å². The smallest absolute Gasteiger partial charge is 0.399 e. The molecular weight excluding hydrogens is 261 g/mol. The van der Waals surface area contributed by atoms with E-state index >= 15 is 0 Å². The van der Waals surface area contributed by atoms with E-state index in [1.807, 2.05) is 12.3 Å². The van der Waals surface area contributed by atoms with E-state index in [1.165, 1.54) is 5.56 Å². The molecule has 1 fully saturated rings. The molecule has 0 radical (unpaired) electrons. The minimum absolute atomic E-state index is 0.324. The van der Waals surface area contributed by atoms with Gasteiger partial charge in [-0.15, -0.1) is 0 Å². The Hall–Kier alpha value is -1.39. The second kappa shape index (κ2) is 4.82. The lowest BCUT2D eigenvalue weighted by atomic mass is 9.76. The zero-order valence-corrected chi connectivity index (χ0v) is 13.4. The third-order valence-electron chi connectivity index (χ3n) is 4.78. The van der Waals surface area contributed by atoms with Crippen LogP contribution in [0.4, 0.5) is 0 Å². The predicted molar refractivity (Wildman–Crippen MR) is 86.8 cm³/mol. The molecule has 3 nitrogen and oxygen atoms in total. The molecule has 0 N–H and O–H groups in total. The van der Waals surface area contributed by atoms with Crippen molar-refractivity contribution in [2.24, 2.45) is 0 Å². The SMILES string of the molecule is CCc1ccc(B2OC(C)(C)C(C)(C)O2)c2cccnc12. The molecule has 3 rings (SSSR count). The first kappa shape index (κ1) is 14.5. The third-order valence-corrected chi connectivity index (χ3v) is 4.78. The summed E-state index contributed by atoms with van der Waals surface area (Å²) >= 11 is 0. The van der Waals surface area contributed by atoms with Crippen LogP contribution in [0.2, 0.25) is 0 Å². The number of hydrogen-bond acceptors (Lipinski definition) is 3. The van der Waals surface area contributed by atoms with E-state index in [0.717, 1.165) is 22.8 Å². The molecular formula is C17H22BNO2. The van der Waals surface area contributed by atoms with Crippen LogP contribution < -0.4 is 5.46 Å². The van der Waals surface area contributed by atoms with Crippen molar-refractivity contribution >= 4 is 23.5 Å². The fourth-order valence-corrected chi connectivity index (χ4v) is 2.71. The number of pyridine rings is 1. The summed E-state index contributed by atoms with van der Waals surface area (Å²) < 4.78 is 12.4. The van der Waals surface area contributed by atoms with Crippen molar-refractivity contribution < 1.29 is 9.31 Å². The fourth-order valence-electron chi connectivity index (χ4n) is 2.71. The van der Waals surface area contributed by atoms with Crippen LogP contribution in [0.15, 0.2) is 30.5 Å². The lowest BCUT2D eigenvalue weighted by Gasteiger charge is -2.32. The highest BCUT2D eigenvalue weighted by molar-refractivity contribution is 6.65. The molecule has 110 valence electrons. The van der Waals surface area contributed by atoms with Crippen molar-refractivity contribution in [3.63, 3.8) is 0 Å². The van der Waals surface area contributed by atoms with E-state index < -0.39 is 0 Å². The number of nitrogens with zero attached hydrogens (tertiary/aromatic N) is 1. The Morgan fingerprint density at radius 1 is 1.05 bits per heavy atom. The lowest BCUT2D eigenvalue weighted by Crippen LogP contribution is -2.41. The molecule has 1 saturated heterocycles. The van der Waals surface area contributed by atoms with E-state index in [1.54, 1.807) is 0 Å². The molecule has 0 aliphatic carbocycles. The number of aryl methyl sites for hydroxylation is 1. The van der Waals surface area contributed by atoms with Gasteiger partial charge in [0.15, 0.2) is 0 Å². The second-order valence-electron chi connectivity index (χ2n) is 6.66. The molecule has 0 bridgehead atoms. The first-order valence-electron chi connectivity index (χ1n) is 7.58. The molecule has 4 heteroatoms. The minimum atomic E-state index is -0.340. The monoisotopic (exact) mass is 283 g/mol. The Morgan fingerprint density at radius 2 is 1.71 bits per heavy atom. The maximum atomic E-state index is 6.18. The predicted octanol–water partition coefficient (Wildman–Crippen LogP) is 3.10. The Bertz CT molecular complexity index is 666. The van der Waals surface area contributed by atoms with Crippen LogP contribution in [-0.4, -0.2) is 23.3 Å². The van der Waals surface area contributed by atoms with Gasteiger partial charge in [0.05, 0.1) is 16.7 Å². The molecule has 1 aliphatic rings. The van der Waals surface area contributed by atoms with Gasteiger partial charge in [-0.25, -0.2) is 0 Å². The van der Waals surface area contributed by atoms with Crippen molar-refractivity contribution in [3.05, 3.63) is 36.0 Å². The molecule has 2 heterocycles. The number of hydrogen-bond donors (Lipinski definition) is 0. The van der Waals surface area contributed by atoms with Crippen LogP contribution in [0.25, 0.3) is 10.9 Å². The van der Waals surface area contributed by atoms with Gasteiger partial charge in [-0.2, -0.15) is 0 Å². The quantitative estimate of drug-likeness (QED) is 0.794. The Balaban J connectivity index is 2.11. The van der Waals surface area contributed by atoms with E-state index in [4.69, 9.17) is 9.31 Å². The molecule has 1 aromatic carbocycles. The standard InChI is InChI=1S/C17H22BNO2/c1-6-12-9-10-14(13-8-7-11-19-15(12)13)18-20-16(2,3)17(4,5)21-18/h7-11H,6H2,1-5H3. The average Bonchev–Trinajstić information content (AvgIpc) is 2.66. The number of rotatable bonds is 2. The highest BCUT2D eigenvalue weighted by Gasteiger charge is 2.52. The van der Waals surface area contributed by atoms with Crippen LogP contribution >= 0.6 is 0 Å². The summed E-state index contributed by atoms with van der Waals surface area (Å²) in [7, 11) is -0.340. The average molecular weight is 283 g/mol. The van der Waals surface area contributed by atoms with Gasteiger partial charge in [0.1, 0.15) is 0 Å². The van der Waals surface area contributed by atoms with Crippen molar-refractivity contribution in [2.45, 2.75) is 52.2 Å². The van der Waals surface area contributed by atoms with Gasteiger partial charge in [-0.3, -0.25) is 4.98 Å². The van der Waals surface area contributed by atoms with Crippen molar-refractivity contribution in [3.8, 4) is 0 Å². The number of aromatic nitrogens is 1. The third kappa shape index (κ3) is 2.27. The zero-order chi connectivity index (χ0) is 15.3. The summed E-state index contributed by atoms with van der Waals surface area (Å²) in [5.41, 5.74) is 2.72. The second-order valence-corrected chi connectivity index (χ2v) is 6.66. The first-order chi connectivity index (χ1) is 9.86. The van der Waals surface area contributed by atoms with Gasteiger partial charge in [-0.1, -0.05) is 25.1 Å². The maximum Gasteiger partial charge on any atom is 0.495 e. The number of benzene rings is 1. The van der Waals surface area contributed by atoms with Crippen LogP contribution in [-0.2, 0) is 15.7 Å². The highest BCUT2D eigenvalue weighted by atomic mass is 16.7. The van der Waals surface area contributed by atoms with Gasteiger partial charge in [-0.05, 0) is 51.2 Å². The van der Waals surface area contributed by atoms with Gasteiger partial charge < -0.3 is 9.31 Å². The zero-order valence-electron chi connectivity index (χ0n) is 13.4. The van der Waals surface area contributed by atoms with Crippen LogP contribution in [0.5, 0.6) is 0 Å². The molecule has 0 amide bonds. The fraction of sp³-hybridized carbons (Fsp3) is 0.471.